The lowest BCUT2D eigenvalue weighted by Gasteiger charge is -2.25. The van der Waals surface area contributed by atoms with E-state index in [2.05, 4.69) is 10.1 Å². The zero-order valence-corrected chi connectivity index (χ0v) is 20.3. The van der Waals surface area contributed by atoms with Crippen LogP contribution in [0, 0.1) is 0 Å². The van der Waals surface area contributed by atoms with Crippen LogP contribution in [0.2, 0.25) is 0 Å². The molecule has 2 unspecified atom stereocenters. The monoisotopic (exact) mass is 481 g/mol. The lowest BCUT2D eigenvalue weighted by atomic mass is 10.0. The van der Waals surface area contributed by atoms with Crippen LogP contribution < -0.4 is 9.47 Å². The molecule has 0 aliphatic carbocycles. The standard InChI is InChI=1S/C29H27N3O4/c1-31-26-17-32(16-23-15-25(30-36-23)19-7-4-3-5-8-19)18-28(26)35-27-14-21(11-12-24(27)29(31)33)20-9-6-10-22(13-20)34-2/h3-15,26,28H,16-18H2,1-2H3. The summed E-state index contributed by atoms with van der Waals surface area (Å²) in [6, 6.07) is 25.6. The molecule has 7 heteroatoms. The van der Waals surface area contributed by atoms with Gasteiger partial charge >= 0.3 is 0 Å². The minimum absolute atomic E-state index is 0.0254. The minimum Gasteiger partial charge on any atom is -0.497 e. The molecule has 1 fully saturated rings. The van der Waals surface area contributed by atoms with Crippen molar-refractivity contribution < 1.29 is 18.8 Å². The van der Waals surface area contributed by atoms with Gasteiger partial charge in [0, 0.05) is 31.8 Å². The van der Waals surface area contributed by atoms with Crippen LogP contribution >= 0.6 is 0 Å². The highest BCUT2D eigenvalue weighted by atomic mass is 16.5. The van der Waals surface area contributed by atoms with Gasteiger partial charge in [-0.25, -0.2) is 0 Å². The molecule has 1 aromatic heterocycles. The molecular formula is C29H27N3O4. The zero-order chi connectivity index (χ0) is 24.6. The number of aromatic nitrogens is 1. The van der Waals surface area contributed by atoms with E-state index in [4.69, 9.17) is 14.0 Å². The number of carbonyl (C=O) groups is 1. The molecule has 0 N–H and O–H groups in total. The Kier molecular flexibility index (Phi) is 5.70. The van der Waals surface area contributed by atoms with Crippen molar-refractivity contribution in [2.75, 3.05) is 27.2 Å². The number of nitrogens with zero attached hydrogens (tertiary/aromatic N) is 3. The van der Waals surface area contributed by atoms with Crippen LogP contribution in [0.4, 0.5) is 0 Å². The number of hydrogen-bond donors (Lipinski definition) is 0. The van der Waals surface area contributed by atoms with Gasteiger partial charge in [0.05, 0.1) is 25.3 Å². The molecule has 0 bridgehead atoms. The van der Waals surface area contributed by atoms with Gasteiger partial charge < -0.3 is 18.9 Å². The van der Waals surface area contributed by atoms with E-state index in [0.29, 0.717) is 30.9 Å². The van der Waals surface area contributed by atoms with Crippen molar-refractivity contribution >= 4 is 5.91 Å². The maximum absolute atomic E-state index is 13.3. The minimum atomic E-state index is -0.141. The first kappa shape index (κ1) is 22.4. The third-order valence-electron chi connectivity index (χ3n) is 7.03. The fraction of sp³-hybridized carbons (Fsp3) is 0.241. The molecule has 36 heavy (non-hydrogen) atoms. The number of carbonyl (C=O) groups excluding carboxylic acids is 1. The second kappa shape index (κ2) is 9.17. The van der Waals surface area contributed by atoms with Gasteiger partial charge in [0.1, 0.15) is 23.3 Å². The lowest BCUT2D eigenvalue weighted by Crippen LogP contribution is -2.44. The number of hydrogen-bond acceptors (Lipinski definition) is 6. The Labute approximate surface area is 209 Å². The Hall–Kier alpha value is -4.10. The molecule has 1 amide bonds. The van der Waals surface area contributed by atoms with Gasteiger partial charge in [0.25, 0.3) is 5.91 Å². The quantitative estimate of drug-likeness (QED) is 0.410. The molecule has 3 aromatic carbocycles. The predicted octanol–water partition coefficient (Wildman–Crippen LogP) is 4.73. The van der Waals surface area contributed by atoms with E-state index < -0.39 is 0 Å². The van der Waals surface area contributed by atoms with Crippen molar-refractivity contribution in [3.63, 3.8) is 0 Å². The predicted molar refractivity (Wildman–Crippen MR) is 136 cm³/mol. The lowest BCUT2D eigenvalue weighted by molar-refractivity contribution is 0.0682. The number of benzene rings is 3. The van der Waals surface area contributed by atoms with Gasteiger partial charge in [0.15, 0.2) is 5.76 Å². The second-order valence-electron chi connectivity index (χ2n) is 9.32. The highest BCUT2D eigenvalue weighted by molar-refractivity contribution is 5.98. The number of fused-ring (bicyclic) bond motifs is 2. The van der Waals surface area contributed by atoms with E-state index in [1.807, 2.05) is 90.8 Å². The average Bonchev–Trinajstić information content (AvgIpc) is 3.53. The first-order valence-electron chi connectivity index (χ1n) is 12.0. The maximum Gasteiger partial charge on any atom is 0.257 e. The van der Waals surface area contributed by atoms with Crippen LogP contribution in [0.5, 0.6) is 11.5 Å². The molecule has 2 atom stereocenters. The van der Waals surface area contributed by atoms with E-state index in [0.717, 1.165) is 33.9 Å². The molecule has 6 rings (SSSR count). The van der Waals surface area contributed by atoms with Crippen molar-refractivity contribution in [2.45, 2.75) is 18.7 Å². The highest BCUT2D eigenvalue weighted by Gasteiger charge is 2.42. The average molecular weight is 482 g/mol. The van der Waals surface area contributed by atoms with Crippen LogP contribution in [-0.4, -0.2) is 60.3 Å². The molecule has 4 aromatic rings. The molecule has 182 valence electrons. The van der Waals surface area contributed by atoms with Crippen molar-refractivity contribution in [2.24, 2.45) is 0 Å². The second-order valence-corrected chi connectivity index (χ2v) is 9.32. The Morgan fingerprint density at radius 2 is 1.75 bits per heavy atom. The van der Waals surface area contributed by atoms with Gasteiger partial charge in [-0.1, -0.05) is 53.7 Å². The number of likely N-dealkylation sites (N-methyl/N-ethyl adjacent to an activating group) is 1. The van der Waals surface area contributed by atoms with E-state index in [1.54, 1.807) is 7.11 Å². The zero-order valence-electron chi connectivity index (χ0n) is 20.3. The van der Waals surface area contributed by atoms with Crippen LogP contribution in [-0.2, 0) is 6.54 Å². The summed E-state index contributed by atoms with van der Waals surface area (Å²) in [5.74, 6) is 2.17. The van der Waals surface area contributed by atoms with E-state index in [1.165, 1.54) is 0 Å². The van der Waals surface area contributed by atoms with Gasteiger partial charge in [-0.05, 0) is 35.4 Å². The molecule has 2 aliphatic heterocycles. The summed E-state index contributed by atoms with van der Waals surface area (Å²) in [5.41, 5.74) is 4.42. The molecular weight excluding hydrogens is 454 g/mol. The van der Waals surface area contributed by atoms with Crippen molar-refractivity contribution in [1.82, 2.24) is 15.0 Å². The summed E-state index contributed by atoms with van der Waals surface area (Å²) in [6.07, 6.45) is -0.141. The van der Waals surface area contributed by atoms with Crippen LogP contribution in [0.1, 0.15) is 16.1 Å². The van der Waals surface area contributed by atoms with Gasteiger partial charge in [0.2, 0.25) is 0 Å². The molecule has 0 saturated carbocycles. The Balaban J connectivity index is 1.22. The molecule has 3 heterocycles. The third-order valence-corrected chi connectivity index (χ3v) is 7.03. The molecule has 0 radical (unpaired) electrons. The number of rotatable bonds is 5. The summed E-state index contributed by atoms with van der Waals surface area (Å²) in [5, 5.41) is 4.24. The van der Waals surface area contributed by atoms with Gasteiger partial charge in [-0.2, -0.15) is 0 Å². The van der Waals surface area contributed by atoms with Crippen LogP contribution in [0.15, 0.2) is 83.4 Å². The van der Waals surface area contributed by atoms with E-state index in [-0.39, 0.29) is 18.1 Å². The Morgan fingerprint density at radius 1 is 0.944 bits per heavy atom. The summed E-state index contributed by atoms with van der Waals surface area (Å²) in [7, 11) is 3.51. The largest absolute Gasteiger partial charge is 0.497 e. The summed E-state index contributed by atoms with van der Waals surface area (Å²) >= 11 is 0. The summed E-state index contributed by atoms with van der Waals surface area (Å²) in [4.78, 5) is 17.4. The highest BCUT2D eigenvalue weighted by Crippen LogP contribution is 2.35. The molecule has 2 aliphatic rings. The topological polar surface area (TPSA) is 68.0 Å². The number of amides is 1. The van der Waals surface area contributed by atoms with Crippen LogP contribution in [0.25, 0.3) is 22.4 Å². The van der Waals surface area contributed by atoms with Gasteiger partial charge in [-0.15, -0.1) is 0 Å². The van der Waals surface area contributed by atoms with Crippen molar-refractivity contribution in [1.29, 1.82) is 0 Å². The summed E-state index contributed by atoms with van der Waals surface area (Å²) in [6.45, 7) is 1.99. The van der Waals surface area contributed by atoms with Crippen molar-refractivity contribution in [3.05, 3.63) is 90.2 Å². The Bertz CT molecular complexity index is 1400. The number of likely N-dealkylation sites (tertiary alicyclic amines) is 1. The Morgan fingerprint density at radius 3 is 2.58 bits per heavy atom. The van der Waals surface area contributed by atoms with E-state index >= 15 is 0 Å². The smallest absolute Gasteiger partial charge is 0.257 e. The molecule has 1 saturated heterocycles. The number of ether oxygens (including phenoxy) is 2. The van der Waals surface area contributed by atoms with E-state index in [9.17, 15) is 4.79 Å². The van der Waals surface area contributed by atoms with Crippen molar-refractivity contribution in [3.8, 4) is 33.9 Å². The fourth-order valence-electron chi connectivity index (χ4n) is 5.08. The molecule has 0 spiro atoms. The summed E-state index contributed by atoms with van der Waals surface area (Å²) < 4.78 is 17.5. The fourth-order valence-corrected chi connectivity index (χ4v) is 5.08. The first-order chi connectivity index (χ1) is 17.6. The first-order valence-corrected chi connectivity index (χ1v) is 12.0. The third kappa shape index (κ3) is 4.12. The molecule has 7 nitrogen and oxygen atoms in total. The van der Waals surface area contributed by atoms with Gasteiger partial charge in [-0.3, -0.25) is 9.69 Å². The normalized spacial score (nSPS) is 19.4. The SMILES string of the molecule is COc1cccc(-c2ccc3c(c2)OC2CN(Cc4cc(-c5ccccc5)no4)CC2N(C)C3=O)c1. The number of methoxy groups -OCH3 is 1. The van der Waals surface area contributed by atoms with Crippen LogP contribution in [0.3, 0.4) is 0 Å². The maximum atomic E-state index is 13.3.